The Morgan fingerprint density at radius 3 is 2.62 bits per heavy atom. The molecule has 2 aromatic carbocycles. The van der Waals surface area contributed by atoms with Gasteiger partial charge in [-0.1, -0.05) is 53.7 Å². The topological polar surface area (TPSA) is 62.5 Å². The molecule has 26 heavy (non-hydrogen) atoms. The van der Waals surface area contributed by atoms with E-state index in [1.165, 1.54) is 6.07 Å². The highest BCUT2D eigenvalue weighted by Crippen LogP contribution is 2.19. The summed E-state index contributed by atoms with van der Waals surface area (Å²) in [4.78, 5) is 4.42. The number of aliphatic imine (C=N–C) groups is 1. The third kappa shape index (κ3) is 4.69. The molecule has 0 saturated carbocycles. The van der Waals surface area contributed by atoms with Gasteiger partial charge in [-0.15, -0.1) is 0 Å². The Kier molecular flexibility index (Phi) is 5.98. The molecular weight excluding hydrogens is 331 g/mol. The summed E-state index contributed by atoms with van der Waals surface area (Å²) in [5.74, 6) is 1.06. The van der Waals surface area contributed by atoms with Crippen LogP contribution in [0.5, 0.6) is 0 Å². The first-order valence-corrected chi connectivity index (χ1v) is 8.53. The van der Waals surface area contributed by atoms with Crippen LogP contribution in [0.1, 0.15) is 18.2 Å². The van der Waals surface area contributed by atoms with Crippen LogP contribution in [0.25, 0.3) is 11.3 Å². The van der Waals surface area contributed by atoms with Crippen LogP contribution in [0.3, 0.4) is 0 Å². The molecule has 0 aliphatic heterocycles. The Hall–Kier alpha value is -3.15. The van der Waals surface area contributed by atoms with Gasteiger partial charge < -0.3 is 15.2 Å². The summed E-state index contributed by atoms with van der Waals surface area (Å²) in [6.45, 7) is 3.40. The van der Waals surface area contributed by atoms with Gasteiger partial charge in [0.05, 0.1) is 13.1 Å². The predicted octanol–water partition coefficient (Wildman–Crippen LogP) is 3.74. The van der Waals surface area contributed by atoms with Gasteiger partial charge in [0, 0.05) is 23.7 Å². The number of guanidine groups is 1. The Morgan fingerprint density at radius 2 is 1.85 bits per heavy atom. The molecular formula is C20H21FN4O. The predicted molar refractivity (Wildman–Crippen MR) is 100.0 cm³/mol. The molecule has 0 saturated heterocycles. The molecule has 0 bridgehead atoms. The molecule has 1 aromatic heterocycles. The number of nitrogens with zero attached hydrogens (tertiary/aromatic N) is 2. The minimum absolute atomic E-state index is 0.254. The van der Waals surface area contributed by atoms with E-state index < -0.39 is 0 Å². The largest absolute Gasteiger partial charge is 0.357 e. The Morgan fingerprint density at radius 1 is 1.08 bits per heavy atom. The molecule has 5 nitrogen and oxygen atoms in total. The van der Waals surface area contributed by atoms with Crippen LogP contribution in [0.4, 0.5) is 4.39 Å². The van der Waals surface area contributed by atoms with Gasteiger partial charge in [0.15, 0.2) is 11.7 Å². The van der Waals surface area contributed by atoms with E-state index >= 15 is 0 Å². The molecule has 0 unspecified atom stereocenters. The van der Waals surface area contributed by atoms with E-state index in [1.54, 1.807) is 18.2 Å². The summed E-state index contributed by atoms with van der Waals surface area (Å²) in [6, 6.07) is 18.3. The summed E-state index contributed by atoms with van der Waals surface area (Å²) < 4.78 is 19.1. The van der Waals surface area contributed by atoms with E-state index in [-0.39, 0.29) is 12.4 Å². The van der Waals surface area contributed by atoms with Gasteiger partial charge in [-0.2, -0.15) is 0 Å². The van der Waals surface area contributed by atoms with E-state index in [4.69, 9.17) is 4.52 Å². The van der Waals surface area contributed by atoms with E-state index in [0.717, 1.165) is 17.0 Å². The lowest BCUT2D eigenvalue weighted by molar-refractivity contribution is 0.422. The Bertz CT molecular complexity index is 861. The third-order valence-electron chi connectivity index (χ3n) is 3.76. The molecule has 0 amide bonds. The lowest BCUT2D eigenvalue weighted by Crippen LogP contribution is -2.36. The zero-order valence-electron chi connectivity index (χ0n) is 14.6. The van der Waals surface area contributed by atoms with Gasteiger partial charge >= 0.3 is 0 Å². The maximum absolute atomic E-state index is 13.7. The Labute approximate surface area is 151 Å². The van der Waals surface area contributed by atoms with E-state index in [0.29, 0.717) is 24.6 Å². The van der Waals surface area contributed by atoms with Crippen LogP contribution < -0.4 is 10.6 Å². The van der Waals surface area contributed by atoms with Gasteiger partial charge in [-0.3, -0.25) is 0 Å². The minimum atomic E-state index is -0.254. The first-order valence-electron chi connectivity index (χ1n) is 8.53. The summed E-state index contributed by atoms with van der Waals surface area (Å²) >= 11 is 0. The summed E-state index contributed by atoms with van der Waals surface area (Å²) in [7, 11) is 0. The number of nitrogens with one attached hydrogen (secondary N) is 2. The molecule has 0 radical (unpaired) electrons. The van der Waals surface area contributed by atoms with Gasteiger partial charge in [-0.05, 0) is 13.0 Å². The van der Waals surface area contributed by atoms with E-state index in [2.05, 4.69) is 20.8 Å². The van der Waals surface area contributed by atoms with E-state index in [1.807, 2.05) is 43.3 Å². The molecule has 0 aliphatic carbocycles. The highest BCUT2D eigenvalue weighted by atomic mass is 19.1. The number of hydrogen-bond donors (Lipinski definition) is 2. The maximum Gasteiger partial charge on any atom is 0.191 e. The molecule has 1 heterocycles. The van der Waals surface area contributed by atoms with Crippen LogP contribution in [0, 0.1) is 5.82 Å². The molecule has 3 rings (SSSR count). The Balaban J connectivity index is 1.63. The summed E-state index contributed by atoms with van der Waals surface area (Å²) in [6.07, 6.45) is 0. The van der Waals surface area contributed by atoms with Crippen molar-refractivity contribution in [2.24, 2.45) is 4.99 Å². The van der Waals surface area contributed by atoms with Crippen molar-refractivity contribution in [3.8, 4) is 11.3 Å². The molecule has 134 valence electrons. The summed E-state index contributed by atoms with van der Waals surface area (Å²) in [5, 5.41) is 10.4. The quantitative estimate of drug-likeness (QED) is 0.524. The lowest BCUT2D eigenvalue weighted by atomic mass is 10.2. The normalized spacial score (nSPS) is 11.4. The number of rotatable bonds is 6. The SMILES string of the molecule is CCNC(=NCc1ccccc1F)NCc1cc(-c2ccccc2)on1. The van der Waals surface area contributed by atoms with Crippen molar-refractivity contribution in [1.29, 1.82) is 0 Å². The second kappa shape index (κ2) is 8.80. The number of halogens is 1. The van der Waals surface area contributed by atoms with Crippen LogP contribution in [-0.2, 0) is 13.1 Å². The van der Waals surface area contributed by atoms with Crippen molar-refractivity contribution in [2.45, 2.75) is 20.0 Å². The number of aromatic nitrogens is 1. The average Bonchev–Trinajstić information content (AvgIpc) is 3.15. The molecule has 0 aliphatic rings. The van der Waals surface area contributed by atoms with Crippen LogP contribution in [0.2, 0.25) is 0 Å². The van der Waals surface area contributed by atoms with Gasteiger partial charge in [0.1, 0.15) is 11.5 Å². The standard InChI is InChI=1S/C20H21FN4O/c1-2-22-20(23-13-16-10-6-7-11-18(16)21)24-14-17-12-19(26-25-17)15-8-4-3-5-9-15/h3-12H,2,13-14H2,1H3,(H2,22,23,24). The van der Waals surface area contributed by atoms with Crippen molar-refractivity contribution >= 4 is 5.96 Å². The average molecular weight is 352 g/mol. The fourth-order valence-corrected chi connectivity index (χ4v) is 2.44. The van der Waals surface area contributed by atoms with Crippen molar-refractivity contribution in [3.63, 3.8) is 0 Å². The smallest absolute Gasteiger partial charge is 0.191 e. The fourth-order valence-electron chi connectivity index (χ4n) is 2.44. The van der Waals surface area contributed by atoms with Gasteiger partial charge in [0.25, 0.3) is 0 Å². The minimum Gasteiger partial charge on any atom is -0.357 e. The third-order valence-corrected chi connectivity index (χ3v) is 3.76. The van der Waals surface area contributed by atoms with Crippen LogP contribution in [0.15, 0.2) is 70.2 Å². The van der Waals surface area contributed by atoms with Crippen molar-refractivity contribution in [1.82, 2.24) is 15.8 Å². The van der Waals surface area contributed by atoms with Crippen molar-refractivity contribution in [2.75, 3.05) is 6.54 Å². The second-order valence-electron chi connectivity index (χ2n) is 5.69. The second-order valence-corrected chi connectivity index (χ2v) is 5.69. The first kappa shape index (κ1) is 17.7. The molecule has 3 aromatic rings. The molecule has 2 N–H and O–H groups in total. The van der Waals surface area contributed by atoms with Gasteiger partial charge in [-0.25, -0.2) is 9.38 Å². The first-order chi connectivity index (χ1) is 12.8. The monoisotopic (exact) mass is 352 g/mol. The highest BCUT2D eigenvalue weighted by Gasteiger charge is 2.07. The lowest BCUT2D eigenvalue weighted by Gasteiger charge is -2.10. The molecule has 0 atom stereocenters. The van der Waals surface area contributed by atoms with Crippen molar-refractivity contribution < 1.29 is 8.91 Å². The maximum atomic E-state index is 13.7. The molecule has 0 spiro atoms. The van der Waals surface area contributed by atoms with E-state index in [9.17, 15) is 4.39 Å². The zero-order valence-corrected chi connectivity index (χ0v) is 14.6. The van der Waals surface area contributed by atoms with Crippen LogP contribution in [-0.4, -0.2) is 17.7 Å². The van der Waals surface area contributed by atoms with Crippen LogP contribution >= 0.6 is 0 Å². The fraction of sp³-hybridized carbons (Fsp3) is 0.200. The zero-order chi connectivity index (χ0) is 18.2. The molecule has 0 fully saturated rings. The summed E-state index contributed by atoms with van der Waals surface area (Å²) in [5.41, 5.74) is 2.30. The van der Waals surface area contributed by atoms with Crippen molar-refractivity contribution in [3.05, 3.63) is 77.7 Å². The van der Waals surface area contributed by atoms with Gasteiger partial charge in [0.2, 0.25) is 0 Å². The highest BCUT2D eigenvalue weighted by molar-refractivity contribution is 5.79. The molecule has 6 heteroatoms. The number of hydrogen-bond acceptors (Lipinski definition) is 3. The number of benzene rings is 2.